The number of nitrogens with two attached hydrogens (primary N) is 1. The lowest BCUT2D eigenvalue weighted by Gasteiger charge is -2.24. The van der Waals surface area contributed by atoms with Crippen LogP contribution in [0, 0.1) is 5.82 Å². The lowest BCUT2D eigenvalue weighted by Crippen LogP contribution is -2.34. The number of hydrogen-bond acceptors (Lipinski definition) is 3. The maximum atomic E-state index is 13.7. The number of benzene rings is 1. The molecule has 1 aliphatic heterocycles. The quantitative estimate of drug-likeness (QED) is 0.834. The molecular formula is C13H19FN2O. The molecule has 94 valence electrons. The van der Waals surface area contributed by atoms with Crippen molar-refractivity contribution < 1.29 is 9.13 Å². The SMILES string of the molecule is NCCc1ccc(OC2CCNCC2)c(F)c1. The van der Waals surface area contributed by atoms with Crippen LogP contribution in [-0.4, -0.2) is 25.7 Å². The largest absolute Gasteiger partial charge is 0.487 e. The maximum Gasteiger partial charge on any atom is 0.165 e. The van der Waals surface area contributed by atoms with Crippen LogP contribution < -0.4 is 15.8 Å². The van der Waals surface area contributed by atoms with Crippen molar-refractivity contribution in [2.75, 3.05) is 19.6 Å². The molecule has 0 saturated carbocycles. The van der Waals surface area contributed by atoms with Gasteiger partial charge in [-0.3, -0.25) is 0 Å². The van der Waals surface area contributed by atoms with Gasteiger partial charge in [-0.2, -0.15) is 0 Å². The molecule has 2 rings (SSSR count). The van der Waals surface area contributed by atoms with Crippen molar-refractivity contribution in [1.29, 1.82) is 0 Å². The van der Waals surface area contributed by atoms with Crippen molar-refractivity contribution in [3.8, 4) is 5.75 Å². The molecule has 0 atom stereocenters. The molecule has 1 heterocycles. The predicted molar refractivity (Wildman–Crippen MR) is 65.7 cm³/mol. The molecule has 0 spiro atoms. The van der Waals surface area contributed by atoms with E-state index in [2.05, 4.69) is 5.32 Å². The van der Waals surface area contributed by atoms with Gasteiger partial charge in [0.1, 0.15) is 6.10 Å². The monoisotopic (exact) mass is 238 g/mol. The average molecular weight is 238 g/mol. The van der Waals surface area contributed by atoms with Gasteiger partial charge >= 0.3 is 0 Å². The number of rotatable bonds is 4. The summed E-state index contributed by atoms with van der Waals surface area (Å²) in [6, 6.07) is 5.11. The fourth-order valence-corrected chi connectivity index (χ4v) is 2.05. The van der Waals surface area contributed by atoms with Crippen molar-refractivity contribution in [3.63, 3.8) is 0 Å². The van der Waals surface area contributed by atoms with E-state index in [4.69, 9.17) is 10.5 Å². The van der Waals surface area contributed by atoms with E-state index in [1.165, 1.54) is 6.07 Å². The second-order valence-electron chi connectivity index (χ2n) is 4.37. The van der Waals surface area contributed by atoms with Crippen molar-refractivity contribution in [2.45, 2.75) is 25.4 Å². The van der Waals surface area contributed by atoms with Crippen molar-refractivity contribution in [1.82, 2.24) is 5.32 Å². The van der Waals surface area contributed by atoms with Gasteiger partial charge in [-0.15, -0.1) is 0 Å². The predicted octanol–water partition coefficient (Wildman–Crippen LogP) is 1.46. The van der Waals surface area contributed by atoms with Gasteiger partial charge < -0.3 is 15.8 Å². The van der Waals surface area contributed by atoms with Gasteiger partial charge in [0.15, 0.2) is 11.6 Å². The number of piperidine rings is 1. The zero-order chi connectivity index (χ0) is 12.1. The molecule has 1 fully saturated rings. The van der Waals surface area contributed by atoms with Crippen molar-refractivity contribution in [2.24, 2.45) is 5.73 Å². The second kappa shape index (κ2) is 5.98. The first-order valence-electron chi connectivity index (χ1n) is 6.15. The molecule has 3 nitrogen and oxygen atoms in total. The zero-order valence-corrected chi connectivity index (χ0v) is 9.92. The van der Waals surface area contributed by atoms with E-state index in [9.17, 15) is 4.39 Å². The second-order valence-corrected chi connectivity index (χ2v) is 4.37. The highest BCUT2D eigenvalue weighted by molar-refractivity contribution is 5.29. The highest BCUT2D eigenvalue weighted by atomic mass is 19.1. The third-order valence-electron chi connectivity index (χ3n) is 3.01. The van der Waals surface area contributed by atoms with E-state index < -0.39 is 0 Å². The first-order chi connectivity index (χ1) is 8.29. The molecule has 17 heavy (non-hydrogen) atoms. The molecule has 1 aromatic carbocycles. The van der Waals surface area contributed by atoms with Crippen LogP contribution in [0.2, 0.25) is 0 Å². The van der Waals surface area contributed by atoms with Gasteiger partial charge in [0, 0.05) is 0 Å². The molecule has 0 amide bonds. The third-order valence-corrected chi connectivity index (χ3v) is 3.01. The maximum absolute atomic E-state index is 13.7. The van der Waals surface area contributed by atoms with Gasteiger partial charge in [0.05, 0.1) is 0 Å². The molecule has 0 aliphatic carbocycles. The van der Waals surface area contributed by atoms with E-state index in [1.54, 1.807) is 6.07 Å². The van der Waals surface area contributed by atoms with Gasteiger partial charge in [-0.05, 0) is 56.6 Å². The van der Waals surface area contributed by atoms with Gasteiger partial charge in [0.2, 0.25) is 0 Å². The summed E-state index contributed by atoms with van der Waals surface area (Å²) in [5, 5.41) is 3.25. The van der Waals surface area contributed by atoms with Crippen LogP contribution in [0.15, 0.2) is 18.2 Å². The summed E-state index contributed by atoms with van der Waals surface area (Å²) in [5.74, 6) is 0.0761. The number of nitrogens with one attached hydrogen (secondary N) is 1. The molecule has 1 saturated heterocycles. The summed E-state index contributed by atoms with van der Waals surface area (Å²) >= 11 is 0. The minimum Gasteiger partial charge on any atom is -0.487 e. The van der Waals surface area contributed by atoms with Crippen LogP contribution in [0.25, 0.3) is 0 Å². The lowest BCUT2D eigenvalue weighted by atomic mass is 10.1. The Morgan fingerprint density at radius 2 is 2.12 bits per heavy atom. The van der Waals surface area contributed by atoms with Gasteiger partial charge in [-0.25, -0.2) is 4.39 Å². The normalized spacial score (nSPS) is 17.1. The Balaban J connectivity index is 2.00. The number of halogens is 1. The Hall–Kier alpha value is -1.13. The smallest absolute Gasteiger partial charge is 0.165 e. The molecule has 3 N–H and O–H groups in total. The Labute approximate surface area is 101 Å². The highest BCUT2D eigenvalue weighted by Gasteiger charge is 2.16. The van der Waals surface area contributed by atoms with E-state index in [0.717, 1.165) is 31.5 Å². The molecule has 0 unspecified atom stereocenters. The van der Waals surface area contributed by atoms with Gasteiger partial charge in [-0.1, -0.05) is 6.07 Å². The first-order valence-corrected chi connectivity index (χ1v) is 6.15. The number of hydrogen-bond donors (Lipinski definition) is 2. The molecule has 1 aromatic rings. The van der Waals surface area contributed by atoms with E-state index in [1.807, 2.05) is 6.07 Å². The van der Waals surface area contributed by atoms with Crippen molar-refractivity contribution >= 4 is 0 Å². The van der Waals surface area contributed by atoms with E-state index in [-0.39, 0.29) is 11.9 Å². The summed E-state index contributed by atoms with van der Waals surface area (Å²) in [5.41, 5.74) is 6.36. The molecule has 1 aliphatic rings. The minimum absolute atomic E-state index is 0.131. The molecule has 4 heteroatoms. The van der Waals surface area contributed by atoms with Crippen LogP contribution in [-0.2, 0) is 6.42 Å². The summed E-state index contributed by atoms with van der Waals surface area (Å²) in [7, 11) is 0. The van der Waals surface area contributed by atoms with Crippen LogP contribution in [0.4, 0.5) is 4.39 Å². The fourth-order valence-electron chi connectivity index (χ4n) is 2.05. The Bertz CT molecular complexity index is 364. The summed E-state index contributed by atoms with van der Waals surface area (Å²) in [4.78, 5) is 0. The molecule has 0 aromatic heterocycles. The molecule has 0 bridgehead atoms. The first kappa shape index (κ1) is 12.3. The average Bonchev–Trinajstić information content (AvgIpc) is 2.34. The number of ether oxygens (including phenoxy) is 1. The molecular weight excluding hydrogens is 219 g/mol. The summed E-state index contributed by atoms with van der Waals surface area (Å²) < 4.78 is 19.4. The van der Waals surface area contributed by atoms with Crippen LogP contribution in [0.5, 0.6) is 5.75 Å². The standard InChI is InChI=1S/C13H19FN2O/c14-12-9-10(3-6-15)1-2-13(12)17-11-4-7-16-8-5-11/h1-2,9,11,16H,3-8,15H2. The third kappa shape index (κ3) is 3.41. The van der Waals surface area contributed by atoms with Gasteiger partial charge in [0.25, 0.3) is 0 Å². The summed E-state index contributed by atoms with van der Waals surface area (Å²) in [6.07, 6.45) is 2.70. The van der Waals surface area contributed by atoms with Crippen molar-refractivity contribution in [3.05, 3.63) is 29.6 Å². The van der Waals surface area contributed by atoms with Crippen LogP contribution in [0.3, 0.4) is 0 Å². The minimum atomic E-state index is -0.283. The Morgan fingerprint density at radius 3 is 2.76 bits per heavy atom. The molecule has 0 radical (unpaired) electrons. The highest BCUT2D eigenvalue weighted by Crippen LogP contribution is 2.22. The Morgan fingerprint density at radius 1 is 1.35 bits per heavy atom. The topological polar surface area (TPSA) is 47.3 Å². The zero-order valence-electron chi connectivity index (χ0n) is 9.92. The van der Waals surface area contributed by atoms with Crippen LogP contribution >= 0.6 is 0 Å². The fraction of sp³-hybridized carbons (Fsp3) is 0.538. The van der Waals surface area contributed by atoms with E-state index >= 15 is 0 Å². The lowest BCUT2D eigenvalue weighted by molar-refractivity contribution is 0.156. The van der Waals surface area contributed by atoms with E-state index in [0.29, 0.717) is 18.7 Å². The summed E-state index contributed by atoms with van der Waals surface area (Å²) in [6.45, 7) is 2.42. The Kier molecular flexibility index (Phi) is 4.34. The van der Waals surface area contributed by atoms with Crippen LogP contribution in [0.1, 0.15) is 18.4 Å².